The molecule has 7 nitrogen and oxygen atoms in total. The highest BCUT2D eigenvalue weighted by molar-refractivity contribution is 7.78. The minimum absolute atomic E-state index is 0.587. The van der Waals surface area contributed by atoms with Crippen molar-refractivity contribution in [3.63, 3.8) is 0 Å². The lowest BCUT2D eigenvalue weighted by molar-refractivity contribution is 0.474. The van der Waals surface area contributed by atoms with Gasteiger partial charge in [0.15, 0.2) is 5.82 Å². The van der Waals surface area contributed by atoms with Crippen molar-refractivity contribution in [1.82, 2.24) is 35.4 Å². The molecule has 0 unspecified atom stereocenters. The third-order valence-corrected chi connectivity index (χ3v) is 5.28. The van der Waals surface area contributed by atoms with Crippen LogP contribution in [0.15, 0.2) is 48.5 Å². The maximum absolute atomic E-state index is 4.99. The average molecular weight is 432 g/mol. The molecule has 0 fully saturated rings. The summed E-state index contributed by atoms with van der Waals surface area (Å²) in [5.41, 5.74) is 4.31. The first kappa shape index (κ1) is 21.0. The summed E-state index contributed by atoms with van der Waals surface area (Å²) in [5, 5.41) is 20.8. The summed E-state index contributed by atoms with van der Waals surface area (Å²) < 4.78 is 2.04. The van der Waals surface area contributed by atoms with Crippen LogP contribution < -0.4 is 0 Å². The van der Waals surface area contributed by atoms with Gasteiger partial charge in [-0.3, -0.25) is 0 Å². The van der Waals surface area contributed by atoms with E-state index >= 15 is 0 Å². The molecule has 0 aliphatic rings. The Bertz CT molecular complexity index is 1130. The van der Waals surface area contributed by atoms with Gasteiger partial charge in [0.1, 0.15) is 5.82 Å². The fourth-order valence-electron chi connectivity index (χ4n) is 3.47. The van der Waals surface area contributed by atoms with Gasteiger partial charge in [-0.1, -0.05) is 74.6 Å². The van der Waals surface area contributed by atoms with Crippen molar-refractivity contribution in [3.05, 3.63) is 65.7 Å². The van der Waals surface area contributed by atoms with Gasteiger partial charge in [0.25, 0.3) is 0 Å². The van der Waals surface area contributed by atoms with E-state index in [1.54, 1.807) is 5.37 Å². The number of tetrazole rings is 1. The van der Waals surface area contributed by atoms with E-state index < -0.39 is 0 Å². The van der Waals surface area contributed by atoms with Crippen LogP contribution in [0.4, 0.5) is 0 Å². The summed E-state index contributed by atoms with van der Waals surface area (Å²) in [7, 11) is 0. The average Bonchev–Trinajstić information content (AvgIpc) is 3.43. The number of aromatic amines is 1. The minimum Gasteiger partial charge on any atom is -0.249 e. The van der Waals surface area contributed by atoms with E-state index in [9.17, 15) is 0 Å². The van der Waals surface area contributed by atoms with Crippen molar-refractivity contribution >= 4 is 17.6 Å². The van der Waals surface area contributed by atoms with Gasteiger partial charge in [-0.05, 0) is 39.6 Å². The zero-order chi connectivity index (χ0) is 21.6. The van der Waals surface area contributed by atoms with Crippen LogP contribution in [-0.4, -0.2) is 40.8 Å². The number of nitrogens with zero attached hydrogens (tertiary/aromatic N) is 6. The molecule has 2 aromatic carbocycles. The Labute approximate surface area is 186 Å². The summed E-state index contributed by atoms with van der Waals surface area (Å²) in [4.78, 5) is 4.73. The topological polar surface area (TPSA) is 85.2 Å². The van der Waals surface area contributed by atoms with Crippen LogP contribution in [0.2, 0.25) is 0 Å². The lowest BCUT2D eigenvalue weighted by atomic mass is 9.98. The zero-order valence-corrected chi connectivity index (χ0v) is 18.5. The maximum atomic E-state index is 4.99. The molecule has 0 radical (unpaired) electrons. The van der Waals surface area contributed by atoms with Gasteiger partial charge in [-0.25, -0.2) is 9.67 Å². The van der Waals surface area contributed by atoms with Crippen LogP contribution in [0.3, 0.4) is 0 Å². The van der Waals surface area contributed by atoms with Gasteiger partial charge in [-0.2, -0.15) is 10.3 Å². The van der Waals surface area contributed by atoms with Crippen LogP contribution in [0.25, 0.3) is 22.5 Å². The second-order valence-electron chi connectivity index (χ2n) is 7.88. The minimum atomic E-state index is 0.587. The monoisotopic (exact) mass is 431 g/mol. The highest BCUT2D eigenvalue weighted by Crippen LogP contribution is 2.30. The van der Waals surface area contributed by atoms with E-state index in [-0.39, 0.29) is 0 Å². The molecule has 0 bridgehead atoms. The van der Waals surface area contributed by atoms with Crippen molar-refractivity contribution in [2.24, 2.45) is 5.92 Å². The smallest absolute Gasteiger partial charge is 0.205 e. The fraction of sp³-hybridized carbons (Fsp3) is 0.304. The summed E-state index contributed by atoms with van der Waals surface area (Å²) in [6.45, 7) is 5.31. The molecule has 1 N–H and O–H groups in total. The summed E-state index contributed by atoms with van der Waals surface area (Å²) in [6, 6.07) is 16.6. The molecule has 0 atom stereocenters. The van der Waals surface area contributed by atoms with E-state index in [2.05, 4.69) is 69.9 Å². The number of nitrogens with one attached hydrogen (secondary N) is 1. The van der Waals surface area contributed by atoms with Gasteiger partial charge >= 0.3 is 0 Å². The number of rotatable bonds is 9. The number of hydrogen-bond acceptors (Lipinski definition) is 6. The Hall–Kier alpha value is -3.26. The van der Waals surface area contributed by atoms with Crippen molar-refractivity contribution in [1.29, 1.82) is 0 Å². The maximum Gasteiger partial charge on any atom is 0.205 e. The number of thiocarbonyl (C=S) groups is 1. The van der Waals surface area contributed by atoms with E-state index in [0.29, 0.717) is 18.2 Å². The van der Waals surface area contributed by atoms with Crippen LogP contribution in [0.5, 0.6) is 0 Å². The Morgan fingerprint density at radius 1 is 1.06 bits per heavy atom. The molecule has 0 saturated carbocycles. The molecule has 0 saturated heterocycles. The second kappa shape index (κ2) is 9.70. The van der Waals surface area contributed by atoms with Crippen molar-refractivity contribution in [2.75, 3.05) is 0 Å². The lowest BCUT2D eigenvalue weighted by Crippen LogP contribution is -2.08. The molecule has 2 heterocycles. The number of aromatic nitrogens is 7. The van der Waals surface area contributed by atoms with Crippen LogP contribution >= 0.6 is 12.2 Å². The van der Waals surface area contributed by atoms with E-state index in [4.69, 9.17) is 17.2 Å². The van der Waals surface area contributed by atoms with Crippen molar-refractivity contribution in [3.8, 4) is 22.5 Å². The Morgan fingerprint density at radius 3 is 2.52 bits per heavy atom. The molecule has 31 heavy (non-hydrogen) atoms. The number of hydrogen-bond donors (Lipinski definition) is 1. The molecule has 4 rings (SSSR count). The number of aryl methyl sites for hydroxylation is 1. The first-order chi connectivity index (χ1) is 15.1. The Kier molecular flexibility index (Phi) is 6.57. The fourth-order valence-corrected chi connectivity index (χ4v) is 3.62. The number of benzene rings is 2. The predicted molar refractivity (Wildman–Crippen MR) is 125 cm³/mol. The standard InChI is InChI=1S/C23H25N7S/c1-16(2)11-13-30-22(24-21(27-30)12-14-31)15-17-7-9-18(10-8-17)19-5-3-4-6-20(19)23-25-28-29-26-23/h3-10,14,16H,11-13,15H2,1-2H3,(H,25,26,28,29). The van der Waals surface area contributed by atoms with Crippen LogP contribution in [0.1, 0.15) is 37.5 Å². The highest BCUT2D eigenvalue weighted by Gasteiger charge is 2.13. The molecule has 0 aliphatic heterocycles. The number of H-pyrrole nitrogens is 1. The normalized spacial score (nSPS) is 11.2. The molecule has 8 heteroatoms. The van der Waals surface area contributed by atoms with Gasteiger partial charge in [-0.15, -0.1) is 10.2 Å². The summed E-state index contributed by atoms with van der Waals surface area (Å²) >= 11 is 4.99. The molecule has 0 aliphatic carbocycles. The van der Waals surface area contributed by atoms with Crippen LogP contribution in [-0.2, 0) is 19.4 Å². The first-order valence-corrected chi connectivity index (χ1v) is 10.9. The van der Waals surface area contributed by atoms with E-state index in [1.807, 2.05) is 22.9 Å². The Balaban J connectivity index is 1.57. The highest BCUT2D eigenvalue weighted by atomic mass is 32.1. The first-order valence-electron chi connectivity index (χ1n) is 10.4. The molecule has 0 spiro atoms. The molecule has 0 amide bonds. The molecule has 2 aromatic heterocycles. The van der Waals surface area contributed by atoms with Crippen molar-refractivity contribution < 1.29 is 0 Å². The third-order valence-electron chi connectivity index (χ3n) is 5.12. The van der Waals surface area contributed by atoms with E-state index in [1.165, 1.54) is 5.56 Å². The second-order valence-corrected chi connectivity index (χ2v) is 8.21. The van der Waals surface area contributed by atoms with Gasteiger partial charge < -0.3 is 0 Å². The summed E-state index contributed by atoms with van der Waals surface area (Å²) in [6.07, 6.45) is 2.41. The lowest BCUT2D eigenvalue weighted by Gasteiger charge is -2.10. The van der Waals surface area contributed by atoms with Gasteiger partial charge in [0.05, 0.1) is 0 Å². The molecule has 4 aromatic rings. The quantitative estimate of drug-likeness (QED) is 0.398. The van der Waals surface area contributed by atoms with E-state index in [0.717, 1.165) is 47.7 Å². The van der Waals surface area contributed by atoms with Gasteiger partial charge in [0, 0.05) is 24.9 Å². The SMILES string of the molecule is CC(C)CCn1nc(CC=S)nc1Cc1ccc(-c2ccccc2-c2nn[nH]n2)cc1. The molecule has 158 valence electrons. The van der Waals surface area contributed by atoms with Gasteiger partial charge in [0.2, 0.25) is 5.82 Å². The largest absolute Gasteiger partial charge is 0.249 e. The summed E-state index contributed by atoms with van der Waals surface area (Å²) in [5.74, 6) is 2.97. The molecular formula is C23H25N7S. The predicted octanol–water partition coefficient (Wildman–Crippen LogP) is 4.30. The zero-order valence-electron chi connectivity index (χ0n) is 17.7. The van der Waals surface area contributed by atoms with Crippen LogP contribution in [0, 0.1) is 5.92 Å². The third kappa shape index (κ3) is 5.08. The Morgan fingerprint density at radius 2 is 1.84 bits per heavy atom. The van der Waals surface area contributed by atoms with Crippen molar-refractivity contribution in [2.45, 2.75) is 39.7 Å². The molecular weight excluding hydrogens is 406 g/mol.